The molecule has 0 bridgehead atoms. The van der Waals surface area contributed by atoms with E-state index >= 15 is 0 Å². The molecule has 3 amide bonds. The van der Waals surface area contributed by atoms with E-state index in [2.05, 4.69) is 0 Å². The molecule has 0 atom stereocenters. The monoisotopic (exact) mass is 441 g/mol. The van der Waals surface area contributed by atoms with Gasteiger partial charge in [-0.3, -0.25) is 14.4 Å². The van der Waals surface area contributed by atoms with Crippen LogP contribution in [0, 0.1) is 5.92 Å². The van der Waals surface area contributed by atoms with Crippen molar-refractivity contribution in [3.63, 3.8) is 0 Å². The summed E-state index contributed by atoms with van der Waals surface area (Å²) in [5.74, 6) is 1.60. The van der Waals surface area contributed by atoms with Crippen LogP contribution in [0.3, 0.4) is 0 Å². The Morgan fingerprint density at radius 1 is 0.781 bits per heavy atom. The van der Waals surface area contributed by atoms with E-state index in [1.807, 2.05) is 29.2 Å². The first-order valence-electron chi connectivity index (χ1n) is 12.2. The average Bonchev–Trinajstić information content (AvgIpc) is 2.86. The normalized spacial score (nSPS) is 19.3. The molecule has 1 saturated heterocycles. The molecule has 7 heteroatoms. The summed E-state index contributed by atoms with van der Waals surface area (Å²) in [5, 5.41) is 0. The van der Waals surface area contributed by atoms with E-state index in [9.17, 15) is 14.4 Å². The third kappa shape index (κ3) is 5.61. The number of carbonyl (C=O) groups excluding carboxylic acids is 3. The van der Waals surface area contributed by atoms with Gasteiger partial charge in [0, 0.05) is 45.4 Å². The first-order valence-corrected chi connectivity index (χ1v) is 12.2. The van der Waals surface area contributed by atoms with E-state index in [1.165, 1.54) is 32.1 Å². The van der Waals surface area contributed by atoms with Crippen LogP contribution in [0.4, 0.5) is 5.69 Å². The quantitative estimate of drug-likeness (QED) is 0.680. The molecular weight excluding hydrogens is 406 g/mol. The van der Waals surface area contributed by atoms with Gasteiger partial charge in [0.05, 0.1) is 12.2 Å². The zero-order chi connectivity index (χ0) is 22.3. The SMILES string of the molecule is O=C(CCC(=O)N1CCOc2ccccc21)N1CCN(C(=O)CCC2CCCCC2)CC1. The van der Waals surface area contributed by atoms with Crippen molar-refractivity contribution in [3.05, 3.63) is 24.3 Å². The molecule has 32 heavy (non-hydrogen) atoms. The highest BCUT2D eigenvalue weighted by atomic mass is 16.5. The maximum atomic E-state index is 12.7. The molecule has 0 radical (unpaired) electrons. The predicted octanol–water partition coefficient (Wildman–Crippen LogP) is 3.22. The minimum atomic E-state index is -0.0503. The molecular formula is C25H35N3O4. The van der Waals surface area contributed by atoms with Crippen molar-refractivity contribution >= 4 is 23.4 Å². The third-order valence-electron chi connectivity index (χ3n) is 7.06. The lowest BCUT2D eigenvalue weighted by Gasteiger charge is -2.35. The fourth-order valence-corrected chi connectivity index (χ4v) is 5.10. The summed E-state index contributed by atoms with van der Waals surface area (Å²) in [6, 6.07) is 7.50. The number of amides is 3. The van der Waals surface area contributed by atoms with Gasteiger partial charge in [-0.2, -0.15) is 0 Å². The van der Waals surface area contributed by atoms with E-state index in [0.29, 0.717) is 57.4 Å². The second kappa shape index (κ2) is 10.8. The van der Waals surface area contributed by atoms with E-state index in [0.717, 1.165) is 12.1 Å². The predicted molar refractivity (Wildman–Crippen MR) is 122 cm³/mol. The number of anilines is 1. The first-order chi connectivity index (χ1) is 15.6. The van der Waals surface area contributed by atoms with Crippen LogP contribution in [0.1, 0.15) is 57.8 Å². The topological polar surface area (TPSA) is 70.2 Å². The van der Waals surface area contributed by atoms with Crippen molar-refractivity contribution in [2.45, 2.75) is 57.8 Å². The Balaban J connectivity index is 1.18. The summed E-state index contributed by atoms with van der Waals surface area (Å²) in [4.78, 5) is 43.4. The van der Waals surface area contributed by atoms with Crippen molar-refractivity contribution in [3.8, 4) is 5.75 Å². The Bertz CT molecular complexity index is 813. The van der Waals surface area contributed by atoms with Gasteiger partial charge in [-0.1, -0.05) is 44.2 Å². The van der Waals surface area contributed by atoms with Crippen LogP contribution in [0.15, 0.2) is 24.3 Å². The largest absolute Gasteiger partial charge is 0.490 e. The van der Waals surface area contributed by atoms with Crippen LogP contribution < -0.4 is 9.64 Å². The Morgan fingerprint density at radius 2 is 1.41 bits per heavy atom. The third-order valence-corrected chi connectivity index (χ3v) is 7.06. The molecule has 0 unspecified atom stereocenters. The number of ether oxygens (including phenoxy) is 1. The lowest BCUT2D eigenvalue weighted by Crippen LogP contribution is -2.50. The van der Waals surface area contributed by atoms with Gasteiger partial charge in [-0.25, -0.2) is 0 Å². The summed E-state index contributed by atoms with van der Waals surface area (Å²) in [6.07, 6.45) is 8.52. The Morgan fingerprint density at radius 3 is 2.12 bits per heavy atom. The van der Waals surface area contributed by atoms with E-state index in [1.54, 1.807) is 9.80 Å². The lowest BCUT2D eigenvalue weighted by atomic mass is 9.86. The van der Waals surface area contributed by atoms with Crippen molar-refractivity contribution in [2.75, 3.05) is 44.2 Å². The van der Waals surface area contributed by atoms with Gasteiger partial charge in [0.25, 0.3) is 0 Å². The maximum Gasteiger partial charge on any atom is 0.227 e. The van der Waals surface area contributed by atoms with E-state index in [4.69, 9.17) is 4.74 Å². The number of para-hydroxylation sites is 2. The van der Waals surface area contributed by atoms with E-state index < -0.39 is 0 Å². The number of hydrogen-bond donors (Lipinski definition) is 0. The van der Waals surface area contributed by atoms with Crippen molar-refractivity contribution in [2.24, 2.45) is 5.92 Å². The van der Waals surface area contributed by atoms with Gasteiger partial charge in [-0.05, 0) is 24.5 Å². The molecule has 2 fully saturated rings. The summed E-state index contributed by atoms with van der Waals surface area (Å²) >= 11 is 0. The molecule has 2 heterocycles. The zero-order valence-corrected chi connectivity index (χ0v) is 19.0. The van der Waals surface area contributed by atoms with Crippen LogP contribution in [-0.2, 0) is 14.4 Å². The number of nitrogens with zero attached hydrogens (tertiary/aromatic N) is 3. The molecule has 1 aromatic carbocycles. The highest BCUT2D eigenvalue weighted by molar-refractivity contribution is 5.97. The number of piperazine rings is 1. The van der Waals surface area contributed by atoms with Crippen LogP contribution in [0.5, 0.6) is 5.75 Å². The summed E-state index contributed by atoms with van der Waals surface area (Å²) in [6.45, 7) is 3.28. The number of hydrogen-bond acceptors (Lipinski definition) is 4. The van der Waals surface area contributed by atoms with Crippen LogP contribution in [0.2, 0.25) is 0 Å². The van der Waals surface area contributed by atoms with Crippen LogP contribution >= 0.6 is 0 Å². The van der Waals surface area contributed by atoms with Gasteiger partial charge in [-0.15, -0.1) is 0 Å². The second-order valence-corrected chi connectivity index (χ2v) is 9.17. The highest BCUT2D eigenvalue weighted by Crippen LogP contribution is 2.31. The molecule has 0 aromatic heterocycles. The Hall–Kier alpha value is -2.57. The lowest BCUT2D eigenvalue weighted by molar-refractivity contribution is -0.140. The van der Waals surface area contributed by atoms with Gasteiger partial charge in [0.1, 0.15) is 12.4 Å². The molecule has 0 spiro atoms. The zero-order valence-electron chi connectivity index (χ0n) is 19.0. The molecule has 174 valence electrons. The van der Waals surface area contributed by atoms with Crippen LogP contribution in [-0.4, -0.2) is 66.9 Å². The molecule has 0 N–H and O–H groups in total. The fourth-order valence-electron chi connectivity index (χ4n) is 5.10. The number of benzene rings is 1. The standard InChI is InChI=1S/C25H35N3O4/c29-23(11-10-20-6-2-1-3-7-20)26-14-16-27(17-15-26)24(30)12-13-25(31)28-18-19-32-22-9-5-4-8-21(22)28/h4-5,8-9,20H,1-3,6-7,10-19H2. The minimum Gasteiger partial charge on any atom is -0.490 e. The minimum absolute atomic E-state index is 0.00537. The average molecular weight is 442 g/mol. The van der Waals surface area contributed by atoms with Gasteiger partial charge in [0.15, 0.2) is 0 Å². The summed E-state index contributed by atoms with van der Waals surface area (Å²) in [5.41, 5.74) is 0.775. The van der Waals surface area contributed by atoms with Gasteiger partial charge >= 0.3 is 0 Å². The fraction of sp³-hybridized carbons (Fsp3) is 0.640. The smallest absolute Gasteiger partial charge is 0.227 e. The Labute approximate surface area is 190 Å². The maximum absolute atomic E-state index is 12.7. The van der Waals surface area contributed by atoms with Crippen molar-refractivity contribution in [1.29, 1.82) is 0 Å². The first kappa shape index (κ1) is 22.6. The second-order valence-electron chi connectivity index (χ2n) is 9.17. The van der Waals surface area contributed by atoms with Gasteiger partial charge in [0.2, 0.25) is 17.7 Å². The number of carbonyl (C=O) groups is 3. The van der Waals surface area contributed by atoms with Crippen LogP contribution in [0.25, 0.3) is 0 Å². The van der Waals surface area contributed by atoms with Crippen molar-refractivity contribution in [1.82, 2.24) is 9.80 Å². The van der Waals surface area contributed by atoms with Gasteiger partial charge < -0.3 is 19.4 Å². The highest BCUT2D eigenvalue weighted by Gasteiger charge is 2.27. The molecule has 1 saturated carbocycles. The van der Waals surface area contributed by atoms with Crippen molar-refractivity contribution < 1.29 is 19.1 Å². The number of fused-ring (bicyclic) bond motifs is 1. The summed E-state index contributed by atoms with van der Waals surface area (Å²) < 4.78 is 5.60. The molecule has 1 aromatic rings. The number of rotatable bonds is 6. The molecule has 1 aliphatic carbocycles. The Kier molecular flexibility index (Phi) is 7.66. The summed E-state index contributed by atoms with van der Waals surface area (Å²) in [7, 11) is 0. The van der Waals surface area contributed by atoms with E-state index in [-0.39, 0.29) is 30.6 Å². The molecule has 2 aliphatic heterocycles. The molecule has 4 rings (SSSR count). The molecule has 3 aliphatic rings. The molecule has 7 nitrogen and oxygen atoms in total.